The van der Waals surface area contributed by atoms with Crippen LogP contribution in [0.2, 0.25) is 0 Å². The van der Waals surface area contributed by atoms with Crippen LogP contribution in [0.15, 0.2) is 23.7 Å². The Kier molecular flexibility index (Phi) is 3.96. The lowest BCUT2D eigenvalue weighted by atomic mass is 9.93. The number of nitrogens with two attached hydrogens (primary N) is 1. The molecule has 0 spiro atoms. The van der Waals surface area contributed by atoms with Crippen molar-refractivity contribution in [1.82, 2.24) is 9.97 Å². The number of thiazole rings is 1. The average molecular weight is 279 g/mol. The predicted molar refractivity (Wildman–Crippen MR) is 75.6 cm³/mol. The molecule has 2 N–H and O–H groups in total. The Balaban J connectivity index is 2.14. The van der Waals surface area contributed by atoms with E-state index in [0.717, 1.165) is 10.7 Å². The molecule has 0 fully saturated rings. The lowest BCUT2D eigenvalue weighted by Crippen LogP contribution is -2.17. The molecule has 1 atom stereocenters. The van der Waals surface area contributed by atoms with Crippen LogP contribution < -0.4 is 5.73 Å². The Morgan fingerprint density at radius 2 is 2.16 bits per heavy atom. The highest BCUT2D eigenvalue weighted by molar-refractivity contribution is 7.09. The number of hydrogen-bond acceptors (Lipinski definition) is 4. The largest absolute Gasteiger partial charge is 0.322 e. The first-order valence-electron chi connectivity index (χ1n) is 6.19. The molecule has 2 aromatic rings. The van der Waals surface area contributed by atoms with Crippen molar-refractivity contribution < 1.29 is 4.39 Å². The van der Waals surface area contributed by atoms with Gasteiger partial charge in [0.25, 0.3) is 0 Å². The first-order chi connectivity index (χ1) is 8.88. The molecule has 0 aliphatic carbocycles. The Labute approximate surface area is 116 Å². The van der Waals surface area contributed by atoms with Gasteiger partial charge in [-0.3, -0.25) is 4.98 Å². The third kappa shape index (κ3) is 3.36. The van der Waals surface area contributed by atoms with Crippen LogP contribution in [0, 0.1) is 5.82 Å². The summed E-state index contributed by atoms with van der Waals surface area (Å²) in [4.78, 5) is 8.57. The maximum atomic E-state index is 13.6. The zero-order valence-electron chi connectivity index (χ0n) is 11.4. The van der Waals surface area contributed by atoms with Gasteiger partial charge in [-0.2, -0.15) is 0 Å². The van der Waals surface area contributed by atoms with E-state index in [0.29, 0.717) is 12.1 Å². The number of rotatable bonds is 3. The van der Waals surface area contributed by atoms with Gasteiger partial charge in [-0.1, -0.05) is 20.8 Å². The minimum atomic E-state index is -0.458. The first-order valence-corrected chi connectivity index (χ1v) is 7.07. The number of hydrogen-bond donors (Lipinski definition) is 1. The van der Waals surface area contributed by atoms with Crippen molar-refractivity contribution in [2.75, 3.05) is 0 Å². The lowest BCUT2D eigenvalue weighted by Gasteiger charge is -2.14. The van der Waals surface area contributed by atoms with Gasteiger partial charge in [0.1, 0.15) is 5.82 Å². The van der Waals surface area contributed by atoms with E-state index in [-0.39, 0.29) is 11.2 Å². The summed E-state index contributed by atoms with van der Waals surface area (Å²) in [5.41, 5.74) is 7.38. The quantitative estimate of drug-likeness (QED) is 0.938. The van der Waals surface area contributed by atoms with E-state index in [1.807, 2.05) is 5.38 Å². The molecule has 0 radical (unpaired) electrons. The highest BCUT2D eigenvalue weighted by atomic mass is 32.1. The summed E-state index contributed by atoms with van der Waals surface area (Å²) < 4.78 is 13.6. The molecule has 0 aromatic carbocycles. The van der Waals surface area contributed by atoms with Gasteiger partial charge in [0, 0.05) is 23.4 Å². The van der Waals surface area contributed by atoms with Crippen LogP contribution in [0.25, 0.3) is 0 Å². The standard InChI is InChI=1S/C14H18FN3S/c1-14(2,3)11-8-19-12(18-11)7-10(16)13-9(15)5-4-6-17-13/h4-6,8,10H,7,16H2,1-3H3. The maximum Gasteiger partial charge on any atom is 0.146 e. The first kappa shape index (κ1) is 14.1. The molecule has 0 aliphatic heterocycles. The Morgan fingerprint density at radius 3 is 2.74 bits per heavy atom. The van der Waals surface area contributed by atoms with Crippen LogP contribution in [-0.2, 0) is 11.8 Å². The van der Waals surface area contributed by atoms with E-state index in [1.54, 1.807) is 23.6 Å². The molecule has 0 aliphatic rings. The van der Waals surface area contributed by atoms with Crippen molar-refractivity contribution in [2.24, 2.45) is 5.73 Å². The summed E-state index contributed by atoms with van der Waals surface area (Å²) in [7, 11) is 0. The summed E-state index contributed by atoms with van der Waals surface area (Å²) >= 11 is 1.56. The SMILES string of the molecule is CC(C)(C)c1csc(CC(N)c2ncccc2F)n1. The van der Waals surface area contributed by atoms with E-state index in [2.05, 4.69) is 30.7 Å². The molecule has 0 bridgehead atoms. The lowest BCUT2D eigenvalue weighted by molar-refractivity contribution is 0.555. The molecule has 19 heavy (non-hydrogen) atoms. The van der Waals surface area contributed by atoms with Crippen LogP contribution in [0.1, 0.15) is 43.2 Å². The van der Waals surface area contributed by atoms with E-state index in [9.17, 15) is 4.39 Å². The predicted octanol–water partition coefficient (Wildman–Crippen LogP) is 3.22. The van der Waals surface area contributed by atoms with Gasteiger partial charge in [-0.05, 0) is 12.1 Å². The number of pyridine rings is 1. The van der Waals surface area contributed by atoms with E-state index in [4.69, 9.17) is 5.73 Å². The van der Waals surface area contributed by atoms with Crippen LogP contribution in [0.4, 0.5) is 4.39 Å². The fourth-order valence-electron chi connectivity index (χ4n) is 1.70. The molecular formula is C14H18FN3S. The summed E-state index contributed by atoms with van der Waals surface area (Å²) in [6, 6.07) is 2.48. The number of halogens is 1. The van der Waals surface area contributed by atoms with Crippen molar-refractivity contribution >= 4 is 11.3 Å². The van der Waals surface area contributed by atoms with Crippen LogP contribution in [0.5, 0.6) is 0 Å². The van der Waals surface area contributed by atoms with Crippen LogP contribution in [0.3, 0.4) is 0 Å². The molecule has 2 heterocycles. The van der Waals surface area contributed by atoms with Crippen molar-refractivity contribution in [3.05, 3.63) is 45.9 Å². The van der Waals surface area contributed by atoms with E-state index >= 15 is 0 Å². The number of aromatic nitrogens is 2. The topological polar surface area (TPSA) is 51.8 Å². The summed E-state index contributed by atoms with van der Waals surface area (Å²) in [5, 5.41) is 2.96. The van der Waals surface area contributed by atoms with Gasteiger partial charge < -0.3 is 5.73 Å². The Bertz CT molecular complexity index is 560. The second-order valence-corrected chi connectivity index (χ2v) is 6.50. The molecule has 2 aromatic heterocycles. The second-order valence-electron chi connectivity index (χ2n) is 5.56. The monoisotopic (exact) mass is 279 g/mol. The van der Waals surface area contributed by atoms with Crippen LogP contribution in [-0.4, -0.2) is 9.97 Å². The highest BCUT2D eigenvalue weighted by Crippen LogP contribution is 2.26. The third-order valence-electron chi connectivity index (χ3n) is 2.85. The van der Waals surface area contributed by atoms with Gasteiger partial charge in [0.05, 0.1) is 22.4 Å². The van der Waals surface area contributed by atoms with E-state index in [1.165, 1.54) is 6.07 Å². The summed E-state index contributed by atoms with van der Waals surface area (Å²) in [6.07, 6.45) is 2.06. The Morgan fingerprint density at radius 1 is 1.42 bits per heavy atom. The third-order valence-corrected chi connectivity index (χ3v) is 3.72. The summed E-state index contributed by atoms with van der Waals surface area (Å²) in [6.45, 7) is 6.35. The normalized spacial score (nSPS) is 13.5. The zero-order valence-corrected chi connectivity index (χ0v) is 12.2. The fraction of sp³-hybridized carbons (Fsp3) is 0.429. The molecule has 5 heteroatoms. The molecule has 0 saturated carbocycles. The smallest absolute Gasteiger partial charge is 0.146 e. The van der Waals surface area contributed by atoms with Crippen molar-refractivity contribution in [1.29, 1.82) is 0 Å². The van der Waals surface area contributed by atoms with Gasteiger partial charge in [0.2, 0.25) is 0 Å². The summed E-state index contributed by atoms with van der Waals surface area (Å²) in [5.74, 6) is -0.359. The molecular weight excluding hydrogens is 261 g/mol. The fourth-order valence-corrected chi connectivity index (χ4v) is 2.79. The van der Waals surface area contributed by atoms with Crippen molar-refractivity contribution in [2.45, 2.75) is 38.6 Å². The zero-order chi connectivity index (χ0) is 14.0. The van der Waals surface area contributed by atoms with Gasteiger partial charge in [-0.25, -0.2) is 9.37 Å². The number of nitrogens with zero attached hydrogens (tertiary/aromatic N) is 2. The van der Waals surface area contributed by atoms with Gasteiger partial charge in [-0.15, -0.1) is 11.3 Å². The Hall–Kier alpha value is -1.33. The van der Waals surface area contributed by atoms with Gasteiger partial charge in [0.15, 0.2) is 0 Å². The molecule has 102 valence electrons. The highest BCUT2D eigenvalue weighted by Gasteiger charge is 2.19. The van der Waals surface area contributed by atoms with Crippen LogP contribution >= 0.6 is 11.3 Å². The minimum Gasteiger partial charge on any atom is -0.322 e. The van der Waals surface area contributed by atoms with Crippen molar-refractivity contribution in [3.8, 4) is 0 Å². The molecule has 1 unspecified atom stereocenters. The second kappa shape index (κ2) is 5.35. The average Bonchev–Trinajstić information content (AvgIpc) is 2.77. The van der Waals surface area contributed by atoms with Crippen molar-refractivity contribution in [3.63, 3.8) is 0 Å². The van der Waals surface area contributed by atoms with Gasteiger partial charge >= 0.3 is 0 Å². The van der Waals surface area contributed by atoms with E-state index < -0.39 is 6.04 Å². The maximum absolute atomic E-state index is 13.6. The molecule has 2 rings (SSSR count). The minimum absolute atomic E-state index is 0.0229. The molecule has 3 nitrogen and oxygen atoms in total. The molecule has 0 amide bonds. The molecule has 0 saturated heterocycles.